The molecule has 8 heavy (non-hydrogen) atoms. The molecule has 0 bridgehead atoms. The van der Waals surface area contributed by atoms with Gasteiger partial charge in [0.1, 0.15) is 5.16 Å². The monoisotopic (exact) mass is 147 g/mol. The van der Waals surface area contributed by atoms with Gasteiger partial charge in [0.05, 0.1) is 0 Å². The van der Waals surface area contributed by atoms with Gasteiger partial charge in [-0.3, -0.25) is 0 Å². The van der Waals surface area contributed by atoms with Crippen molar-refractivity contribution in [3.8, 4) is 0 Å². The molecule has 0 spiro atoms. The van der Waals surface area contributed by atoms with Crippen LogP contribution in [0.3, 0.4) is 0 Å². The molecule has 0 fully saturated rings. The zero-order valence-electron chi connectivity index (χ0n) is 3.91. The Morgan fingerprint density at radius 1 is 1.50 bits per heavy atom. The molecule has 1 nitrogen and oxygen atoms in total. The molecule has 0 radical (unpaired) electrons. The standard InChI is InChI=1S/C5H3Cl2N/c6-4-2-1-3-5(7)8-4/h1-2,8H. The van der Waals surface area contributed by atoms with Gasteiger partial charge in [-0.2, -0.15) is 0 Å². The number of hydrogen-bond acceptors (Lipinski definition) is 1. The summed E-state index contributed by atoms with van der Waals surface area (Å²) in [6.07, 6.45) is 3.33. The molecule has 0 aromatic carbocycles. The molecule has 0 unspecified atom stereocenters. The highest BCUT2D eigenvalue weighted by Crippen LogP contribution is 2.06. The van der Waals surface area contributed by atoms with Crippen LogP contribution in [0, 0.1) is 0 Å². The number of nitrogens with one attached hydrogen (secondary N) is 1. The summed E-state index contributed by atoms with van der Waals surface area (Å²) in [7, 11) is 0. The normalized spacial score (nSPS) is 16.8. The van der Waals surface area contributed by atoms with Crippen molar-refractivity contribution in [1.29, 1.82) is 0 Å². The Kier molecular flexibility index (Phi) is 1.64. The minimum atomic E-state index is 0.428. The Bertz CT molecular complexity index is 187. The highest BCUT2D eigenvalue weighted by atomic mass is 35.5. The maximum atomic E-state index is 5.48. The molecule has 0 saturated carbocycles. The third-order valence-electron chi connectivity index (χ3n) is 0.669. The number of halogens is 2. The molecule has 1 rings (SSSR count). The fourth-order valence-electron chi connectivity index (χ4n) is 0.371. The zero-order valence-corrected chi connectivity index (χ0v) is 5.42. The fraction of sp³-hybridized carbons (Fsp3) is 0. The van der Waals surface area contributed by atoms with E-state index in [0.717, 1.165) is 0 Å². The molecule has 0 amide bonds. The molecular weight excluding hydrogens is 145 g/mol. The summed E-state index contributed by atoms with van der Waals surface area (Å²) in [5, 5.41) is 3.60. The average molecular weight is 148 g/mol. The second-order valence-electron chi connectivity index (χ2n) is 1.26. The molecule has 42 valence electrons. The Hall–Kier alpha value is -0.360. The first-order valence-electron chi connectivity index (χ1n) is 2.04. The maximum absolute atomic E-state index is 5.48. The topological polar surface area (TPSA) is 12.0 Å². The lowest BCUT2D eigenvalue weighted by Crippen LogP contribution is -2.04. The van der Waals surface area contributed by atoms with E-state index in [4.69, 9.17) is 23.2 Å². The van der Waals surface area contributed by atoms with Gasteiger partial charge >= 0.3 is 0 Å². The zero-order chi connectivity index (χ0) is 5.98. The largest absolute Gasteiger partial charge is 0.330 e. The van der Waals surface area contributed by atoms with Crippen molar-refractivity contribution in [3.63, 3.8) is 0 Å². The highest BCUT2D eigenvalue weighted by Gasteiger charge is 1.93. The van der Waals surface area contributed by atoms with Crippen LogP contribution in [0.4, 0.5) is 0 Å². The Morgan fingerprint density at radius 2 is 2.25 bits per heavy atom. The Balaban J connectivity index is 2.83. The van der Waals surface area contributed by atoms with E-state index >= 15 is 0 Å². The fourth-order valence-corrected chi connectivity index (χ4v) is 0.741. The van der Waals surface area contributed by atoms with Gasteiger partial charge in [0, 0.05) is 0 Å². The molecule has 0 aliphatic carbocycles. The van der Waals surface area contributed by atoms with Gasteiger partial charge < -0.3 is 5.32 Å². The van der Waals surface area contributed by atoms with E-state index in [-0.39, 0.29) is 0 Å². The van der Waals surface area contributed by atoms with Crippen molar-refractivity contribution >= 4 is 23.2 Å². The summed E-state index contributed by atoms with van der Waals surface area (Å²) < 4.78 is 0. The first-order valence-corrected chi connectivity index (χ1v) is 2.79. The molecule has 3 heteroatoms. The van der Waals surface area contributed by atoms with Crippen molar-refractivity contribution in [1.82, 2.24) is 5.32 Å². The van der Waals surface area contributed by atoms with Crippen LogP contribution >= 0.6 is 23.2 Å². The quantitative estimate of drug-likeness (QED) is 0.408. The third kappa shape index (κ3) is 1.31. The maximum Gasteiger partial charge on any atom is 0.151 e. The van der Waals surface area contributed by atoms with Crippen molar-refractivity contribution in [2.24, 2.45) is 0 Å². The van der Waals surface area contributed by atoms with Crippen molar-refractivity contribution in [3.05, 3.63) is 28.2 Å². The van der Waals surface area contributed by atoms with Crippen LogP contribution in [0.15, 0.2) is 28.2 Å². The molecule has 0 atom stereocenters. The van der Waals surface area contributed by atoms with E-state index in [1.807, 2.05) is 0 Å². The summed E-state index contributed by atoms with van der Waals surface area (Å²) in [5.74, 6) is 0. The summed E-state index contributed by atoms with van der Waals surface area (Å²) >= 11 is 10.9. The Labute approximate surface area is 57.3 Å². The number of allylic oxidation sites excluding steroid dienone is 2. The second-order valence-corrected chi connectivity index (χ2v) is 2.05. The van der Waals surface area contributed by atoms with Crippen LogP contribution in [0.5, 0.6) is 0 Å². The van der Waals surface area contributed by atoms with Crippen LogP contribution in [0.25, 0.3) is 0 Å². The van der Waals surface area contributed by atoms with Crippen molar-refractivity contribution in [2.75, 3.05) is 0 Å². The van der Waals surface area contributed by atoms with Crippen molar-refractivity contribution in [2.45, 2.75) is 0 Å². The summed E-state index contributed by atoms with van der Waals surface area (Å²) in [6.45, 7) is 0. The van der Waals surface area contributed by atoms with Gasteiger partial charge in [0.2, 0.25) is 0 Å². The van der Waals surface area contributed by atoms with Crippen LogP contribution in [0.2, 0.25) is 0 Å². The van der Waals surface area contributed by atoms with Crippen LogP contribution in [0.1, 0.15) is 0 Å². The number of rotatable bonds is 0. The van der Waals surface area contributed by atoms with Crippen LogP contribution < -0.4 is 5.32 Å². The third-order valence-corrected chi connectivity index (χ3v) is 1.09. The highest BCUT2D eigenvalue weighted by molar-refractivity contribution is 6.33. The van der Waals surface area contributed by atoms with Gasteiger partial charge in [-0.25, -0.2) is 0 Å². The molecule has 1 heterocycles. The molecule has 0 aromatic heterocycles. The van der Waals surface area contributed by atoms with E-state index in [2.05, 4.69) is 11.0 Å². The van der Waals surface area contributed by atoms with Gasteiger partial charge in [0.15, 0.2) is 5.16 Å². The Morgan fingerprint density at radius 3 is 2.62 bits per heavy atom. The van der Waals surface area contributed by atoms with E-state index in [1.54, 1.807) is 12.2 Å². The first-order chi connectivity index (χ1) is 3.79. The van der Waals surface area contributed by atoms with Gasteiger partial charge in [0.25, 0.3) is 0 Å². The van der Waals surface area contributed by atoms with Crippen molar-refractivity contribution < 1.29 is 0 Å². The molecule has 1 aliphatic heterocycles. The summed E-state index contributed by atoms with van der Waals surface area (Å²) in [5.41, 5.74) is 2.70. The first kappa shape index (κ1) is 5.77. The van der Waals surface area contributed by atoms with E-state index < -0.39 is 0 Å². The molecule has 1 N–H and O–H groups in total. The van der Waals surface area contributed by atoms with Gasteiger partial charge in [-0.15, -0.1) is 0 Å². The molecule has 0 saturated heterocycles. The molecule has 0 aromatic rings. The van der Waals surface area contributed by atoms with E-state index in [0.29, 0.717) is 10.3 Å². The molecule has 1 aliphatic rings. The summed E-state index contributed by atoms with van der Waals surface area (Å²) in [6, 6.07) is 0. The van der Waals surface area contributed by atoms with Crippen LogP contribution in [-0.2, 0) is 0 Å². The molecular formula is C5H3Cl2N. The minimum Gasteiger partial charge on any atom is -0.330 e. The minimum absolute atomic E-state index is 0.428. The smallest absolute Gasteiger partial charge is 0.151 e. The SMILES string of the molecule is ClC1=C=CC=C(Cl)N1. The van der Waals surface area contributed by atoms with E-state index in [9.17, 15) is 0 Å². The number of hydrogen-bond donors (Lipinski definition) is 1. The predicted octanol–water partition coefficient (Wildman–Crippen LogP) is 1.91. The lowest BCUT2D eigenvalue weighted by molar-refractivity contribution is 1.12. The van der Waals surface area contributed by atoms with Crippen LogP contribution in [-0.4, -0.2) is 0 Å². The predicted molar refractivity (Wildman–Crippen MR) is 34.5 cm³/mol. The van der Waals surface area contributed by atoms with E-state index in [1.165, 1.54) is 0 Å². The second kappa shape index (κ2) is 2.27. The lowest BCUT2D eigenvalue weighted by atomic mass is 10.5. The van der Waals surface area contributed by atoms with Gasteiger partial charge in [-0.05, 0) is 12.2 Å². The average Bonchev–Trinajstić information content (AvgIpc) is 1.64. The van der Waals surface area contributed by atoms with Gasteiger partial charge in [-0.1, -0.05) is 28.9 Å². The lowest BCUT2D eigenvalue weighted by Gasteiger charge is -2.00. The summed E-state index contributed by atoms with van der Waals surface area (Å²) in [4.78, 5) is 0.